The van der Waals surface area contributed by atoms with Crippen molar-refractivity contribution in [2.45, 2.75) is 13.8 Å². The summed E-state index contributed by atoms with van der Waals surface area (Å²) in [6.45, 7) is 3.85. The number of rotatable bonds is 4. The highest BCUT2D eigenvalue weighted by atomic mass is 35.5. The molecule has 0 saturated heterocycles. The summed E-state index contributed by atoms with van der Waals surface area (Å²) in [6, 6.07) is 14.6. The van der Waals surface area contributed by atoms with Crippen LogP contribution in [0.3, 0.4) is 0 Å². The number of halogens is 1. The largest absolute Gasteiger partial charge is 0.328 e. The molecule has 0 fully saturated rings. The topological polar surface area (TPSA) is 94.5 Å². The van der Waals surface area contributed by atoms with Crippen molar-refractivity contribution in [3.05, 3.63) is 74.5 Å². The van der Waals surface area contributed by atoms with Crippen molar-refractivity contribution in [3.8, 4) is 28.6 Å². The van der Waals surface area contributed by atoms with Gasteiger partial charge < -0.3 is 9.71 Å². The summed E-state index contributed by atoms with van der Waals surface area (Å²) in [6.07, 6.45) is 1.93. The van der Waals surface area contributed by atoms with Crippen LogP contribution >= 0.6 is 23.5 Å². The molecule has 2 aromatic heterocycles. The number of fused-ring (bicyclic) bond motifs is 1. The van der Waals surface area contributed by atoms with Crippen LogP contribution in [0.2, 0.25) is 5.02 Å². The Balaban J connectivity index is 2.06. The van der Waals surface area contributed by atoms with E-state index in [2.05, 4.69) is 15.8 Å². The summed E-state index contributed by atoms with van der Waals surface area (Å²) in [5, 5.41) is 10.0. The Morgan fingerprint density at radius 3 is 2.65 bits per heavy atom. The summed E-state index contributed by atoms with van der Waals surface area (Å²) >= 11 is 8.03. The Hall–Kier alpha value is -3.34. The number of aromatic amines is 1. The highest BCUT2D eigenvalue weighted by molar-refractivity contribution is 7.99. The van der Waals surface area contributed by atoms with Gasteiger partial charge in [-0.15, -0.1) is 0 Å². The summed E-state index contributed by atoms with van der Waals surface area (Å²) in [5.74, 6) is 0. The van der Waals surface area contributed by atoms with E-state index in [0.29, 0.717) is 33.1 Å². The number of nitrogens with one attached hydrogen (secondary N) is 2. The number of nitrogens with zero attached hydrogens (tertiary/aromatic N) is 3. The van der Waals surface area contributed by atoms with Gasteiger partial charge in [0.05, 0.1) is 33.7 Å². The highest BCUT2D eigenvalue weighted by Crippen LogP contribution is 2.37. The van der Waals surface area contributed by atoms with Gasteiger partial charge >= 0.3 is 0 Å². The maximum absolute atomic E-state index is 11.8. The molecule has 0 spiro atoms. The molecular formula is C23H18ClN5OS. The fourth-order valence-electron chi connectivity index (χ4n) is 3.48. The third kappa shape index (κ3) is 3.88. The second kappa shape index (κ2) is 8.42. The molecule has 4 aromatic rings. The number of hydrogen-bond donors (Lipinski definition) is 2. The normalized spacial score (nSPS) is 10.8. The van der Waals surface area contributed by atoms with Crippen molar-refractivity contribution in [3.63, 3.8) is 0 Å². The lowest BCUT2D eigenvalue weighted by Gasteiger charge is -2.15. The maximum Gasteiger partial charge on any atom is 0.249 e. The Morgan fingerprint density at radius 1 is 1.13 bits per heavy atom. The number of aryl methyl sites for hydroxylation is 1. The second-order valence-corrected chi connectivity index (χ2v) is 8.04. The minimum atomic E-state index is -0.255. The van der Waals surface area contributed by atoms with Crippen molar-refractivity contribution in [1.82, 2.24) is 15.0 Å². The van der Waals surface area contributed by atoms with E-state index in [1.54, 1.807) is 12.1 Å². The second-order valence-electron chi connectivity index (χ2n) is 7.02. The molecule has 0 saturated carbocycles. The monoisotopic (exact) mass is 447 g/mol. The number of H-pyrrole nitrogens is 1. The molecule has 0 aliphatic rings. The van der Waals surface area contributed by atoms with Gasteiger partial charge in [0, 0.05) is 23.4 Å². The predicted octanol–water partition coefficient (Wildman–Crippen LogP) is 5.48. The summed E-state index contributed by atoms with van der Waals surface area (Å²) in [5.41, 5.74) is 6.62. The van der Waals surface area contributed by atoms with Crippen molar-refractivity contribution >= 4 is 40.4 Å². The molecule has 0 atom stereocenters. The smallest absolute Gasteiger partial charge is 0.249 e. The van der Waals surface area contributed by atoms with Gasteiger partial charge in [0.25, 0.3) is 0 Å². The number of nitriles is 1. The van der Waals surface area contributed by atoms with Gasteiger partial charge in [-0.2, -0.15) is 5.26 Å². The third-order valence-electron chi connectivity index (χ3n) is 5.03. The fourth-order valence-corrected chi connectivity index (χ4v) is 4.33. The number of anilines is 1. The molecule has 0 radical (unpaired) electrons. The lowest BCUT2D eigenvalue weighted by atomic mass is 9.96. The molecule has 2 N–H and O–H groups in total. The molecule has 0 aliphatic heterocycles. The lowest BCUT2D eigenvalue weighted by molar-refractivity contribution is 1.19. The highest BCUT2D eigenvalue weighted by Gasteiger charge is 2.18. The van der Waals surface area contributed by atoms with Crippen LogP contribution in [0.5, 0.6) is 0 Å². The van der Waals surface area contributed by atoms with Gasteiger partial charge in [0.2, 0.25) is 5.56 Å². The standard InChI is InChI=1S/C23H18ClN5OS/c1-12-9-15(10-17(24)20(12)29-31-3)21-22(16-6-4-5-14(11-25)13(16)2)28-23-18(26-21)7-8-19(30)27-23/h4-10,29H,1-3H3,(H,27,28,30). The summed E-state index contributed by atoms with van der Waals surface area (Å²) < 4.78 is 3.20. The van der Waals surface area contributed by atoms with E-state index in [9.17, 15) is 10.1 Å². The minimum Gasteiger partial charge on any atom is -0.328 e. The quantitative estimate of drug-likeness (QED) is 0.402. The molecule has 2 heterocycles. The van der Waals surface area contributed by atoms with Crippen LogP contribution in [0.15, 0.2) is 47.3 Å². The van der Waals surface area contributed by atoms with Crippen molar-refractivity contribution in [2.24, 2.45) is 0 Å². The first-order chi connectivity index (χ1) is 14.9. The Labute approximate surface area is 188 Å². The summed E-state index contributed by atoms with van der Waals surface area (Å²) in [7, 11) is 0. The molecule has 0 unspecified atom stereocenters. The zero-order chi connectivity index (χ0) is 22.1. The van der Waals surface area contributed by atoms with Crippen LogP contribution in [0.4, 0.5) is 5.69 Å². The molecule has 8 heteroatoms. The predicted molar refractivity (Wildman–Crippen MR) is 127 cm³/mol. The van der Waals surface area contributed by atoms with E-state index < -0.39 is 0 Å². The van der Waals surface area contributed by atoms with Crippen molar-refractivity contribution < 1.29 is 0 Å². The molecule has 0 bridgehead atoms. The Bertz CT molecular complexity index is 1400. The van der Waals surface area contributed by atoms with Crippen LogP contribution in [0.1, 0.15) is 16.7 Å². The van der Waals surface area contributed by atoms with Gasteiger partial charge in [-0.3, -0.25) is 4.79 Å². The summed E-state index contributed by atoms with van der Waals surface area (Å²) in [4.78, 5) is 24.2. The van der Waals surface area contributed by atoms with Gasteiger partial charge in [-0.25, -0.2) is 9.97 Å². The minimum absolute atomic E-state index is 0.255. The van der Waals surface area contributed by atoms with E-state index in [1.165, 1.54) is 18.0 Å². The van der Waals surface area contributed by atoms with Crippen LogP contribution in [0.25, 0.3) is 33.7 Å². The first kappa shape index (κ1) is 20.9. The molecule has 0 amide bonds. The van der Waals surface area contributed by atoms with Crippen LogP contribution < -0.4 is 10.3 Å². The lowest BCUT2D eigenvalue weighted by Crippen LogP contribution is -2.06. The third-order valence-corrected chi connectivity index (χ3v) is 5.74. The average molecular weight is 448 g/mol. The number of benzene rings is 2. The van der Waals surface area contributed by atoms with E-state index in [0.717, 1.165) is 27.9 Å². The van der Waals surface area contributed by atoms with Gasteiger partial charge in [-0.1, -0.05) is 35.7 Å². The molecule has 4 rings (SSSR count). The van der Waals surface area contributed by atoms with E-state index in [4.69, 9.17) is 21.6 Å². The first-order valence-electron chi connectivity index (χ1n) is 9.43. The molecule has 31 heavy (non-hydrogen) atoms. The molecule has 6 nitrogen and oxygen atoms in total. The van der Waals surface area contributed by atoms with Crippen LogP contribution in [0, 0.1) is 25.2 Å². The first-order valence-corrected chi connectivity index (χ1v) is 11.0. The molecule has 0 aliphatic carbocycles. The van der Waals surface area contributed by atoms with Crippen LogP contribution in [-0.4, -0.2) is 21.2 Å². The maximum atomic E-state index is 11.8. The Kier molecular flexibility index (Phi) is 5.68. The molecular weight excluding hydrogens is 430 g/mol. The Morgan fingerprint density at radius 2 is 1.94 bits per heavy atom. The molecule has 2 aromatic carbocycles. The number of hydrogen-bond acceptors (Lipinski definition) is 6. The molecule has 154 valence electrons. The fraction of sp³-hybridized carbons (Fsp3) is 0.130. The van der Waals surface area contributed by atoms with E-state index in [1.807, 2.05) is 44.4 Å². The SMILES string of the molecule is CSNc1c(C)cc(-c2nc3ccc(=O)[nH]c3nc2-c2cccc(C#N)c2C)cc1Cl. The van der Waals surface area contributed by atoms with Crippen molar-refractivity contribution in [2.75, 3.05) is 11.0 Å². The zero-order valence-corrected chi connectivity index (χ0v) is 18.6. The van der Waals surface area contributed by atoms with Gasteiger partial charge in [0.15, 0.2) is 5.65 Å². The van der Waals surface area contributed by atoms with E-state index in [-0.39, 0.29) is 5.56 Å². The van der Waals surface area contributed by atoms with Gasteiger partial charge in [-0.05, 0) is 49.2 Å². The van der Waals surface area contributed by atoms with E-state index >= 15 is 0 Å². The zero-order valence-electron chi connectivity index (χ0n) is 17.1. The number of pyridine rings is 1. The van der Waals surface area contributed by atoms with Crippen LogP contribution in [-0.2, 0) is 0 Å². The number of aromatic nitrogens is 3. The van der Waals surface area contributed by atoms with Gasteiger partial charge in [0.1, 0.15) is 5.52 Å². The average Bonchev–Trinajstić information content (AvgIpc) is 2.75. The van der Waals surface area contributed by atoms with Crippen molar-refractivity contribution in [1.29, 1.82) is 5.26 Å².